The molecule has 0 aliphatic carbocycles. The van der Waals surface area contributed by atoms with Crippen LogP contribution in [0, 0.1) is 5.92 Å². The van der Waals surface area contributed by atoms with Gasteiger partial charge in [0.1, 0.15) is 0 Å². The molecule has 0 N–H and O–H groups in total. The molecular weight excluding hydrogens is 163 g/mol. The molecule has 1 aromatic carbocycles. The van der Waals surface area contributed by atoms with Crippen molar-refractivity contribution in [1.82, 2.24) is 0 Å². The Balaban J connectivity index is 2.65. The normalized spacial score (nSPS) is 11.7. The third-order valence-corrected chi connectivity index (χ3v) is 2.80. The van der Waals surface area contributed by atoms with Crippen LogP contribution >= 0.6 is 8.58 Å². The topological polar surface area (TPSA) is 0 Å². The van der Waals surface area contributed by atoms with Crippen molar-refractivity contribution in [2.24, 2.45) is 5.92 Å². The van der Waals surface area contributed by atoms with Crippen LogP contribution in [0.5, 0.6) is 0 Å². The second-order valence-corrected chi connectivity index (χ2v) is 4.62. The molecule has 0 heterocycles. The largest absolute Gasteiger partial charge is 0.0936 e. The van der Waals surface area contributed by atoms with E-state index in [9.17, 15) is 0 Å². The first-order valence-electron chi connectivity index (χ1n) is 4.49. The number of benzene rings is 1. The lowest BCUT2D eigenvalue weighted by Crippen LogP contribution is -1.97. The molecule has 0 amide bonds. The number of rotatable bonds is 3. The molecule has 0 aliphatic heterocycles. The molecule has 1 heteroatoms. The van der Waals surface area contributed by atoms with Crippen LogP contribution in [0.1, 0.15) is 19.4 Å². The summed E-state index contributed by atoms with van der Waals surface area (Å²) in [5.41, 5.74) is 1.46. The fourth-order valence-corrected chi connectivity index (χ4v) is 1.78. The van der Waals surface area contributed by atoms with Crippen molar-refractivity contribution in [2.45, 2.75) is 20.3 Å². The first kappa shape index (κ1) is 9.74. The molecule has 0 bridgehead atoms. The molecule has 1 aromatic rings. The Bertz CT molecular complexity index is 223. The standard InChI is InChI=1S/C11H17P/c1-9(2)8-10-4-6-11(12-3)7-5-10/h4-7,9,12H,8H2,1-3H3. The lowest BCUT2D eigenvalue weighted by Gasteiger charge is -2.05. The highest BCUT2D eigenvalue weighted by molar-refractivity contribution is 7.46. The molecule has 0 radical (unpaired) electrons. The van der Waals surface area contributed by atoms with Crippen molar-refractivity contribution < 1.29 is 0 Å². The van der Waals surface area contributed by atoms with E-state index >= 15 is 0 Å². The lowest BCUT2D eigenvalue weighted by atomic mass is 10.0. The van der Waals surface area contributed by atoms with E-state index in [-0.39, 0.29) is 0 Å². The third-order valence-electron chi connectivity index (χ3n) is 1.89. The van der Waals surface area contributed by atoms with Crippen LogP contribution in [-0.2, 0) is 6.42 Å². The lowest BCUT2D eigenvalue weighted by molar-refractivity contribution is 0.647. The van der Waals surface area contributed by atoms with E-state index in [0.29, 0.717) is 0 Å². The molecule has 0 fully saturated rings. The summed E-state index contributed by atoms with van der Waals surface area (Å²) in [6.45, 7) is 6.74. The Hall–Kier alpha value is -0.350. The fraction of sp³-hybridized carbons (Fsp3) is 0.455. The third kappa shape index (κ3) is 2.95. The first-order valence-corrected chi connectivity index (χ1v) is 5.99. The van der Waals surface area contributed by atoms with Crippen LogP contribution in [0.15, 0.2) is 24.3 Å². The zero-order valence-electron chi connectivity index (χ0n) is 8.09. The van der Waals surface area contributed by atoms with Crippen LogP contribution in [-0.4, -0.2) is 6.66 Å². The summed E-state index contributed by atoms with van der Waals surface area (Å²) >= 11 is 0. The molecule has 0 saturated carbocycles. The van der Waals surface area contributed by atoms with Gasteiger partial charge in [-0.05, 0) is 29.9 Å². The summed E-state index contributed by atoms with van der Waals surface area (Å²) < 4.78 is 0. The van der Waals surface area contributed by atoms with Crippen molar-refractivity contribution in [3.63, 3.8) is 0 Å². The Morgan fingerprint density at radius 1 is 1.17 bits per heavy atom. The molecular formula is C11H17P. The van der Waals surface area contributed by atoms with Crippen LogP contribution in [0.4, 0.5) is 0 Å². The van der Waals surface area contributed by atoms with Gasteiger partial charge in [0.25, 0.3) is 0 Å². The summed E-state index contributed by atoms with van der Waals surface area (Å²) in [6.07, 6.45) is 1.20. The van der Waals surface area contributed by atoms with Crippen LogP contribution < -0.4 is 5.30 Å². The molecule has 0 nitrogen and oxygen atoms in total. The predicted molar refractivity (Wildman–Crippen MR) is 58.9 cm³/mol. The minimum Gasteiger partial charge on any atom is -0.0936 e. The second-order valence-electron chi connectivity index (χ2n) is 3.54. The molecule has 0 spiro atoms. The highest BCUT2D eigenvalue weighted by atomic mass is 31.1. The molecule has 1 unspecified atom stereocenters. The van der Waals surface area contributed by atoms with Gasteiger partial charge in [-0.2, -0.15) is 0 Å². The molecule has 1 rings (SSSR count). The number of hydrogen-bond donors (Lipinski definition) is 0. The average molecular weight is 180 g/mol. The first-order chi connectivity index (χ1) is 5.72. The number of hydrogen-bond acceptors (Lipinski definition) is 0. The van der Waals surface area contributed by atoms with Crippen LogP contribution in [0.25, 0.3) is 0 Å². The minimum absolute atomic E-state index is 0.764. The summed E-state index contributed by atoms with van der Waals surface area (Å²) in [7, 11) is 0.922. The molecule has 0 aliphatic rings. The van der Waals surface area contributed by atoms with Crippen LogP contribution in [0.2, 0.25) is 0 Å². The van der Waals surface area contributed by atoms with Gasteiger partial charge >= 0.3 is 0 Å². The van der Waals surface area contributed by atoms with Gasteiger partial charge in [0.15, 0.2) is 0 Å². The molecule has 0 aromatic heterocycles. The summed E-state index contributed by atoms with van der Waals surface area (Å²) in [5, 5.41) is 1.46. The highest BCUT2D eigenvalue weighted by Gasteiger charge is 1.96. The minimum atomic E-state index is 0.764. The Kier molecular flexibility index (Phi) is 3.75. The van der Waals surface area contributed by atoms with Crippen molar-refractivity contribution in [3.05, 3.63) is 29.8 Å². The quantitative estimate of drug-likeness (QED) is 0.627. The van der Waals surface area contributed by atoms with E-state index < -0.39 is 0 Å². The zero-order chi connectivity index (χ0) is 8.97. The van der Waals surface area contributed by atoms with Crippen LogP contribution in [0.3, 0.4) is 0 Å². The van der Waals surface area contributed by atoms with Gasteiger partial charge in [0.05, 0.1) is 0 Å². The predicted octanol–water partition coefficient (Wildman–Crippen LogP) is 2.82. The maximum absolute atomic E-state index is 2.26. The van der Waals surface area contributed by atoms with Gasteiger partial charge in [-0.25, -0.2) is 0 Å². The summed E-state index contributed by atoms with van der Waals surface area (Å²) in [4.78, 5) is 0. The van der Waals surface area contributed by atoms with E-state index in [1.165, 1.54) is 17.3 Å². The van der Waals surface area contributed by atoms with Crippen molar-refractivity contribution >= 4 is 13.9 Å². The zero-order valence-corrected chi connectivity index (χ0v) is 9.09. The summed E-state index contributed by atoms with van der Waals surface area (Å²) in [6, 6.07) is 9.00. The molecule has 12 heavy (non-hydrogen) atoms. The fourth-order valence-electron chi connectivity index (χ4n) is 1.28. The van der Waals surface area contributed by atoms with E-state index in [1.807, 2.05) is 0 Å². The second kappa shape index (κ2) is 4.62. The Morgan fingerprint density at radius 3 is 2.17 bits per heavy atom. The van der Waals surface area contributed by atoms with Crippen molar-refractivity contribution in [1.29, 1.82) is 0 Å². The van der Waals surface area contributed by atoms with E-state index in [1.54, 1.807) is 0 Å². The van der Waals surface area contributed by atoms with Gasteiger partial charge < -0.3 is 0 Å². The molecule has 66 valence electrons. The van der Waals surface area contributed by atoms with Crippen molar-refractivity contribution in [3.8, 4) is 0 Å². The highest BCUT2D eigenvalue weighted by Crippen LogP contribution is 2.09. The van der Waals surface area contributed by atoms with E-state index in [0.717, 1.165) is 14.5 Å². The molecule has 1 atom stereocenters. The SMILES string of the molecule is CPc1ccc(CC(C)C)cc1. The Morgan fingerprint density at radius 2 is 1.75 bits per heavy atom. The van der Waals surface area contributed by atoms with E-state index in [2.05, 4.69) is 44.8 Å². The van der Waals surface area contributed by atoms with Gasteiger partial charge in [-0.3, -0.25) is 0 Å². The smallest absolute Gasteiger partial charge is 0.0256 e. The van der Waals surface area contributed by atoms with Gasteiger partial charge in [0.2, 0.25) is 0 Å². The summed E-state index contributed by atoms with van der Waals surface area (Å²) in [5.74, 6) is 0.764. The van der Waals surface area contributed by atoms with Gasteiger partial charge in [-0.15, -0.1) is 0 Å². The maximum Gasteiger partial charge on any atom is -0.0256 e. The molecule has 0 saturated heterocycles. The van der Waals surface area contributed by atoms with Gasteiger partial charge in [-0.1, -0.05) is 46.7 Å². The van der Waals surface area contributed by atoms with Gasteiger partial charge in [0, 0.05) is 0 Å². The van der Waals surface area contributed by atoms with Crippen molar-refractivity contribution in [2.75, 3.05) is 6.66 Å². The van der Waals surface area contributed by atoms with E-state index in [4.69, 9.17) is 0 Å². The monoisotopic (exact) mass is 180 g/mol. The average Bonchev–Trinajstić information content (AvgIpc) is 2.05. The Labute approximate surface area is 77.2 Å². The maximum atomic E-state index is 2.26.